The van der Waals surface area contributed by atoms with E-state index in [0.29, 0.717) is 23.6 Å². The fraction of sp³-hybridized carbons (Fsp3) is 0.421. The third kappa shape index (κ3) is 3.09. The van der Waals surface area contributed by atoms with Crippen molar-refractivity contribution < 1.29 is 9.21 Å². The lowest BCUT2D eigenvalue weighted by Gasteiger charge is -2.34. The normalized spacial score (nSPS) is 25.1. The van der Waals surface area contributed by atoms with E-state index in [0.717, 1.165) is 32.4 Å². The molecule has 2 aromatic rings. The third-order valence-electron chi connectivity index (χ3n) is 5.30. The van der Waals surface area contributed by atoms with Crippen LogP contribution in [0.1, 0.15) is 41.2 Å². The zero-order valence-corrected chi connectivity index (χ0v) is 13.7. The number of hydrazine groups is 1. The molecule has 4 rings (SSSR count). The van der Waals surface area contributed by atoms with Crippen molar-refractivity contribution in [2.24, 2.45) is 5.92 Å². The van der Waals surface area contributed by atoms with Crippen molar-refractivity contribution in [2.45, 2.75) is 31.3 Å². The van der Waals surface area contributed by atoms with E-state index >= 15 is 0 Å². The molecule has 2 fully saturated rings. The Morgan fingerprint density at radius 2 is 1.88 bits per heavy atom. The monoisotopic (exact) mass is 325 g/mol. The number of furan rings is 1. The highest BCUT2D eigenvalue weighted by atomic mass is 16.3. The van der Waals surface area contributed by atoms with Crippen molar-refractivity contribution in [3.05, 3.63) is 60.1 Å². The average Bonchev–Trinajstić information content (AvgIpc) is 3.34. The summed E-state index contributed by atoms with van der Waals surface area (Å²) in [6, 6.07) is 13.2. The highest BCUT2D eigenvalue weighted by Crippen LogP contribution is 2.30. The first-order chi connectivity index (χ1) is 11.8. The second kappa shape index (κ2) is 6.79. The van der Waals surface area contributed by atoms with Crippen molar-refractivity contribution in [1.82, 2.24) is 15.8 Å². The number of rotatable bonds is 3. The third-order valence-corrected chi connectivity index (χ3v) is 5.30. The molecule has 1 aromatic heterocycles. The predicted octanol–water partition coefficient (Wildman–Crippen LogP) is 2.74. The lowest BCUT2D eigenvalue weighted by molar-refractivity contribution is 0.0672. The maximum absolute atomic E-state index is 12.4. The minimum Gasteiger partial charge on any atom is -0.472 e. The van der Waals surface area contributed by atoms with Gasteiger partial charge in [-0.25, -0.2) is 0 Å². The number of amides is 1. The molecule has 0 saturated carbocycles. The summed E-state index contributed by atoms with van der Waals surface area (Å²) in [5.74, 6) is 0.696. The maximum atomic E-state index is 12.4. The molecule has 0 radical (unpaired) electrons. The average molecular weight is 325 g/mol. The Labute approximate surface area is 142 Å². The summed E-state index contributed by atoms with van der Waals surface area (Å²) in [5.41, 5.74) is 8.90. The first-order valence-corrected chi connectivity index (χ1v) is 8.69. The molecule has 1 aromatic carbocycles. The van der Waals surface area contributed by atoms with Crippen LogP contribution in [0.3, 0.4) is 0 Å². The van der Waals surface area contributed by atoms with Crippen molar-refractivity contribution in [3.8, 4) is 0 Å². The van der Waals surface area contributed by atoms with Gasteiger partial charge in [0.1, 0.15) is 6.26 Å². The summed E-state index contributed by atoms with van der Waals surface area (Å²) in [5, 5.41) is 0. The van der Waals surface area contributed by atoms with E-state index in [-0.39, 0.29) is 5.91 Å². The van der Waals surface area contributed by atoms with Crippen LogP contribution in [0.2, 0.25) is 0 Å². The van der Waals surface area contributed by atoms with E-state index < -0.39 is 0 Å². The SMILES string of the molecule is O=C(c1ccoc1)N1CCC(C2CC(c3ccccc3)NN2)CC1. The van der Waals surface area contributed by atoms with Crippen molar-refractivity contribution in [3.63, 3.8) is 0 Å². The van der Waals surface area contributed by atoms with E-state index in [4.69, 9.17) is 4.42 Å². The van der Waals surface area contributed by atoms with Gasteiger partial charge in [0.15, 0.2) is 0 Å². The molecule has 1 amide bonds. The standard InChI is InChI=1S/C19H23N3O2/c23-19(16-8-11-24-13-16)22-9-6-15(7-10-22)18-12-17(20-21-18)14-4-2-1-3-5-14/h1-5,8,11,13,15,17-18,20-21H,6-7,9-10,12H2. The quantitative estimate of drug-likeness (QED) is 0.911. The molecule has 0 aliphatic carbocycles. The summed E-state index contributed by atoms with van der Waals surface area (Å²) in [7, 11) is 0. The van der Waals surface area contributed by atoms with Gasteiger partial charge in [0, 0.05) is 25.2 Å². The molecule has 0 spiro atoms. The number of carbonyl (C=O) groups is 1. The lowest BCUT2D eigenvalue weighted by atomic mass is 9.86. The molecule has 0 bridgehead atoms. The number of benzene rings is 1. The van der Waals surface area contributed by atoms with Gasteiger partial charge >= 0.3 is 0 Å². The Morgan fingerprint density at radius 3 is 2.58 bits per heavy atom. The molecule has 5 heteroatoms. The minimum absolute atomic E-state index is 0.0851. The summed E-state index contributed by atoms with van der Waals surface area (Å²) in [4.78, 5) is 14.3. The molecule has 5 nitrogen and oxygen atoms in total. The highest BCUT2D eigenvalue weighted by molar-refractivity contribution is 5.93. The second-order valence-electron chi connectivity index (χ2n) is 6.74. The first-order valence-electron chi connectivity index (χ1n) is 8.69. The highest BCUT2D eigenvalue weighted by Gasteiger charge is 2.34. The Kier molecular flexibility index (Phi) is 4.36. The van der Waals surface area contributed by atoms with Crippen LogP contribution in [0, 0.1) is 5.92 Å². The van der Waals surface area contributed by atoms with Crippen LogP contribution >= 0.6 is 0 Å². The zero-order chi connectivity index (χ0) is 16.4. The van der Waals surface area contributed by atoms with Gasteiger partial charge in [-0.3, -0.25) is 15.6 Å². The number of nitrogens with one attached hydrogen (secondary N) is 2. The Bertz CT molecular complexity index is 663. The zero-order valence-electron chi connectivity index (χ0n) is 13.7. The Balaban J connectivity index is 1.31. The number of nitrogens with zero attached hydrogens (tertiary/aromatic N) is 1. The molecule has 2 aliphatic heterocycles. The molecule has 2 saturated heterocycles. The second-order valence-corrected chi connectivity index (χ2v) is 6.74. The van der Waals surface area contributed by atoms with Crippen LogP contribution in [-0.4, -0.2) is 29.9 Å². The molecule has 126 valence electrons. The molecule has 2 atom stereocenters. The van der Waals surface area contributed by atoms with Gasteiger partial charge in [-0.1, -0.05) is 30.3 Å². The molecule has 3 heterocycles. The number of piperidine rings is 1. The molecular formula is C19H23N3O2. The number of likely N-dealkylation sites (tertiary alicyclic amines) is 1. The largest absolute Gasteiger partial charge is 0.472 e. The van der Waals surface area contributed by atoms with E-state index in [1.165, 1.54) is 11.8 Å². The summed E-state index contributed by atoms with van der Waals surface area (Å²) < 4.78 is 5.02. The first kappa shape index (κ1) is 15.4. The number of hydrogen-bond donors (Lipinski definition) is 2. The van der Waals surface area contributed by atoms with Gasteiger partial charge in [-0.2, -0.15) is 0 Å². The van der Waals surface area contributed by atoms with Crippen LogP contribution in [0.25, 0.3) is 0 Å². The van der Waals surface area contributed by atoms with E-state index in [9.17, 15) is 4.79 Å². The topological polar surface area (TPSA) is 57.5 Å². The summed E-state index contributed by atoms with van der Waals surface area (Å²) in [6.45, 7) is 1.64. The number of carbonyl (C=O) groups excluding carboxylic acids is 1. The number of hydrogen-bond acceptors (Lipinski definition) is 4. The van der Waals surface area contributed by atoms with E-state index in [1.807, 2.05) is 4.90 Å². The van der Waals surface area contributed by atoms with Crippen LogP contribution in [0.15, 0.2) is 53.3 Å². The fourth-order valence-corrected chi connectivity index (χ4v) is 3.87. The van der Waals surface area contributed by atoms with Crippen molar-refractivity contribution in [2.75, 3.05) is 13.1 Å². The maximum Gasteiger partial charge on any atom is 0.257 e. The van der Waals surface area contributed by atoms with E-state index in [2.05, 4.69) is 41.2 Å². The van der Waals surface area contributed by atoms with Crippen LogP contribution < -0.4 is 10.9 Å². The van der Waals surface area contributed by atoms with Gasteiger partial charge in [0.25, 0.3) is 5.91 Å². The van der Waals surface area contributed by atoms with Gasteiger partial charge in [-0.05, 0) is 36.8 Å². The molecule has 2 N–H and O–H groups in total. The van der Waals surface area contributed by atoms with Crippen LogP contribution in [0.4, 0.5) is 0 Å². The van der Waals surface area contributed by atoms with Crippen LogP contribution in [0.5, 0.6) is 0 Å². The molecule has 24 heavy (non-hydrogen) atoms. The van der Waals surface area contributed by atoms with Gasteiger partial charge in [0.05, 0.1) is 11.8 Å². The van der Waals surface area contributed by atoms with E-state index in [1.54, 1.807) is 12.3 Å². The Hall–Kier alpha value is -2.11. The molecular weight excluding hydrogens is 302 g/mol. The van der Waals surface area contributed by atoms with Gasteiger partial charge in [-0.15, -0.1) is 0 Å². The Morgan fingerprint density at radius 1 is 1.08 bits per heavy atom. The van der Waals surface area contributed by atoms with Gasteiger partial charge < -0.3 is 9.32 Å². The summed E-state index contributed by atoms with van der Waals surface area (Å²) in [6.07, 6.45) is 6.28. The van der Waals surface area contributed by atoms with Crippen LogP contribution in [-0.2, 0) is 0 Å². The summed E-state index contributed by atoms with van der Waals surface area (Å²) >= 11 is 0. The lowest BCUT2D eigenvalue weighted by Crippen LogP contribution is -2.44. The van der Waals surface area contributed by atoms with Gasteiger partial charge in [0.2, 0.25) is 0 Å². The fourth-order valence-electron chi connectivity index (χ4n) is 3.87. The smallest absolute Gasteiger partial charge is 0.257 e. The minimum atomic E-state index is 0.0851. The van der Waals surface area contributed by atoms with Crippen molar-refractivity contribution in [1.29, 1.82) is 0 Å². The molecule has 2 unspecified atom stereocenters. The predicted molar refractivity (Wildman–Crippen MR) is 91.2 cm³/mol. The molecule has 2 aliphatic rings. The van der Waals surface area contributed by atoms with Crippen molar-refractivity contribution >= 4 is 5.91 Å².